The van der Waals surface area contributed by atoms with E-state index in [4.69, 9.17) is 0 Å². The lowest BCUT2D eigenvalue weighted by Crippen LogP contribution is -2.41. The number of carbonyl (C=O) groups is 1. The predicted octanol–water partition coefficient (Wildman–Crippen LogP) is -0.176. The number of hydrogen-bond acceptors (Lipinski definition) is 2. The van der Waals surface area contributed by atoms with Crippen molar-refractivity contribution in [2.75, 3.05) is 19.8 Å². The van der Waals surface area contributed by atoms with Gasteiger partial charge in [0, 0.05) is 6.54 Å². The van der Waals surface area contributed by atoms with Crippen molar-refractivity contribution in [3.63, 3.8) is 0 Å². The zero-order valence-electron chi connectivity index (χ0n) is 6.40. The summed E-state index contributed by atoms with van der Waals surface area (Å²) < 4.78 is 11.6. The zero-order chi connectivity index (χ0) is 8.10. The van der Waals surface area contributed by atoms with Crippen LogP contribution in [0.15, 0.2) is 0 Å². The van der Waals surface area contributed by atoms with Crippen LogP contribution < -0.4 is 10.6 Å². The van der Waals surface area contributed by atoms with Crippen molar-refractivity contribution in [3.8, 4) is 0 Å². The number of carbonyl (C=O) groups excluding carboxylic acids is 1. The molecule has 1 rings (SSSR count). The van der Waals surface area contributed by atoms with Crippen LogP contribution in [-0.4, -0.2) is 31.7 Å². The minimum absolute atomic E-state index is 0.0693. The summed E-state index contributed by atoms with van der Waals surface area (Å²) in [4.78, 5) is 11.1. The molecule has 4 heteroatoms. The van der Waals surface area contributed by atoms with Crippen molar-refractivity contribution in [1.29, 1.82) is 0 Å². The number of rotatable bonds is 3. The highest BCUT2D eigenvalue weighted by molar-refractivity contribution is 5.81. The third kappa shape index (κ3) is 2.46. The van der Waals surface area contributed by atoms with Crippen molar-refractivity contribution < 1.29 is 9.18 Å². The Morgan fingerprint density at radius 3 is 3.09 bits per heavy atom. The molecule has 64 valence electrons. The summed E-state index contributed by atoms with van der Waals surface area (Å²) >= 11 is 0. The highest BCUT2D eigenvalue weighted by Crippen LogP contribution is 2.03. The fraction of sp³-hybridized carbons (Fsp3) is 0.857. The van der Waals surface area contributed by atoms with E-state index in [0.717, 1.165) is 19.4 Å². The summed E-state index contributed by atoms with van der Waals surface area (Å²) in [5.41, 5.74) is 0. The van der Waals surface area contributed by atoms with Gasteiger partial charge in [-0.1, -0.05) is 0 Å². The van der Waals surface area contributed by atoms with E-state index in [1.165, 1.54) is 0 Å². The molecule has 1 aliphatic heterocycles. The summed E-state index contributed by atoms with van der Waals surface area (Å²) in [5, 5.41) is 5.53. The molecule has 1 atom stereocenters. The Bertz CT molecular complexity index is 134. The first-order valence-electron chi connectivity index (χ1n) is 3.91. The van der Waals surface area contributed by atoms with Gasteiger partial charge in [-0.2, -0.15) is 0 Å². The van der Waals surface area contributed by atoms with E-state index in [1.807, 2.05) is 0 Å². The van der Waals surface area contributed by atoms with Crippen LogP contribution in [0.25, 0.3) is 0 Å². The molecule has 2 N–H and O–H groups in total. The lowest BCUT2D eigenvalue weighted by atomic mass is 10.2. The van der Waals surface area contributed by atoms with Crippen LogP contribution in [-0.2, 0) is 4.79 Å². The van der Waals surface area contributed by atoms with Crippen LogP contribution in [0, 0.1) is 0 Å². The van der Waals surface area contributed by atoms with Gasteiger partial charge in [-0.15, -0.1) is 0 Å². The Morgan fingerprint density at radius 1 is 1.73 bits per heavy atom. The second kappa shape index (κ2) is 4.28. The van der Waals surface area contributed by atoms with E-state index in [9.17, 15) is 9.18 Å². The van der Waals surface area contributed by atoms with Gasteiger partial charge in [0.05, 0.1) is 6.04 Å². The van der Waals surface area contributed by atoms with E-state index in [2.05, 4.69) is 10.6 Å². The van der Waals surface area contributed by atoms with E-state index in [0.29, 0.717) is 0 Å². The molecular weight excluding hydrogens is 147 g/mol. The van der Waals surface area contributed by atoms with Gasteiger partial charge in [0.25, 0.3) is 0 Å². The van der Waals surface area contributed by atoms with E-state index in [1.54, 1.807) is 0 Å². The lowest BCUT2D eigenvalue weighted by molar-refractivity contribution is -0.122. The highest BCUT2D eigenvalue weighted by Gasteiger charge is 2.20. The Morgan fingerprint density at radius 2 is 2.55 bits per heavy atom. The SMILES string of the molecule is O=C(NCCF)C1CCCN1. The molecule has 11 heavy (non-hydrogen) atoms. The standard InChI is InChI=1S/C7H13FN2O/c8-3-5-10-7(11)6-2-1-4-9-6/h6,9H,1-5H2,(H,10,11). The number of alkyl halides is 1. The number of halogens is 1. The quantitative estimate of drug-likeness (QED) is 0.601. The molecule has 0 spiro atoms. The maximum absolute atomic E-state index is 11.6. The molecule has 1 heterocycles. The molecule has 0 aromatic carbocycles. The van der Waals surface area contributed by atoms with E-state index in [-0.39, 0.29) is 18.5 Å². The molecule has 1 unspecified atom stereocenters. The fourth-order valence-electron chi connectivity index (χ4n) is 1.20. The molecule has 1 amide bonds. The van der Waals surface area contributed by atoms with Gasteiger partial charge >= 0.3 is 0 Å². The average molecular weight is 160 g/mol. The predicted molar refractivity (Wildman–Crippen MR) is 40.0 cm³/mol. The van der Waals surface area contributed by atoms with Gasteiger partial charge in [-0.3, -0.25) is 4.79 Å². The van der Waals surface area contributed by atoms with Gasteiger partial charge in [0.2, 0.25) is 5.91 Å². The Kier molecular flexibility index (Phi) is 3.29. The first kappa shape index (κ1) is 8.46. The summed E-state index contributed by atoms with van der Waals surface area (Å²) in [5.74, 6) is -0.0693. The maximum atomic E-state index is 11.6. The van der Waals surface area contributed by atoms with Crippen LogP contribution in [0.4, 0.5) is 4.39 Å². The van der Waals surface area contributed by atoms with Crippen LogP contribution in [0.2, 0.25) is 0 Å². The monoisotopic (exact) mass is 160 g/mol. The minimum atomic E-state index is -0.488. The topological polar surface area (TPSA) is 41.1 Å². The summed E-state index contributed by atoms with van der Waals surface area (Å²) in [7, 11) is 0. The zero-order valence-corrected chi connectivity index (χ0v) is 6.40. The smallest absolute Gasteiger partial charge is 0.237 e. The normalized spacial score (nSPS) is 23.5. The Labute approximate surface area is 65.3 Å². The van der Waals surface area contributed by atoms with Crippen molar-refractivity contribution in [1.82, 2.24) is 10.6 Å². The van der Waals surface area contributed by atoms with E-state index < -0.39 is 6.67 Å². The van der Waals surface area contributed by atoms with Crippen molar-refractivity contribution in [2.45, 2.75) is 18.9 Å². The van der Waals surface area contributed by atoms with Crippen LogP contribution in [0.3, 0.4) is 0 Å². The summed E-state index contributed by atoms with van der Waals surface area (Å²) in [6.45, 7) is 0.545. The van der Waals surface area contributed by atoms with Crippen LogP contribution in [0.1, 0.15) is 12.8 Å². The third-order valence-corrected chi connectivity index (χ3v) is 1.77. The largest absolute Gasteiger partial charge is 0.352 e. The minimum Gasteiger partial charge on any atom is -0.352 e. The number of hydrogen-bond donors (Lipinski definition) is 2. The second-order valence-corrected chi connectivity index (χ2v) is 2.63. The van der Waals surface area contributed by atoms with Crippen molar-refractivity contribution >= 4 is 5.91 Å². The molecule has 0 aliphatic carbocycles. The maximum Gasteiger partial charge on any atom is 0.237 e. The molecule has 1 aliphatic rings. The van der Waals surface area contributed by atoms with Gasteiger partial charge in [0.1, 0.15) is 6.67 Å². The molecule has 3 nitrogen and oxygen atoms in total. The van der Waals surface area contributed by atoms with Crippen LogP contribution in [0.5, 0.6) is 0 Å². The van der Waals surface area contributed by atoms with Crippen molar-refractivity contribution in [3.05, 3.63) is 0 Å². The second-order valence-electron chi connectivity index (χ2n) is 2.63. The van der Waals surface area contributed by atoms with Gasteiger partial charge in [0.15, 0.2) is 0 Å². The number of amides is 1. The molecular formula is C7H13FN2O. The first-order chi connectivity index (χ1) is 5.34. The van der Waals surface area contributed by atoms with E-state index >= 15 is 0 Å². The molecule has 0 aromatic heterocycles. The van der Waals surface area contributed by atoms with Gasteiger partial charge < -0.3 is 10.6 Å². The van der Waals surface area contributed by atoms with Crippen molar-refractivity contribution in [2.24, 2.45) is 0 Å². The Balaban J connectivity index is 2.17. The first-order valence-corrected chi connectivity index (χ1v) is 3.91. The molecule has 1 saturated heterocycles. The molecule has 0 radical (unpaired) electrons. The third-order valence-electron chi connectivity index (χ3n) is 1.77. The molecule has 0 bridgehead atoms. The molecule has 0 saturated carbocycles. The molecule has 1 fully saturated rings. The summed E-state index contributed by atoms with van der Waals surface area (Å²) in [6, 6.07) is -0.0819. The fourth-order valence-corrected chi connectivity index (χ4v) is 1.20. The lowest BCUT2D eigenvalue weighted by Gasteiger charge is -2.08. The molecule has 0 aromatic rings. The average Bonchev–Trinajstić information content (AvgIpc) is 2.52. The number of nitrogens with one attached hydrogen (secondary N) is 2. The highest BCUT2D eigenvalue weighted by atomic mass is 19.1. The van der Waals surface area contributed by atoms with Gasteiger partial charge in [-0.05, 0) is 19.4 Å². The summed E-state index contributed by atoms with van der Waals surface area (Å²) in [6.07, 6.45) is 1.91. The Hall–Kier alpha value is -0.640. The van der Waals surface area contributed by atoms with Gasteiger partial charge in [-0.25, -0.2) is 4.39 Å². The van der Waals surface area contributed by atoms with Crippen LogP contribution >= 0.6 is 0 Å².